The van der Waals surface area contributed by atoms with E-state index in [1.165, 1.54) is 5.69 Å². The third kappa shape index (κ3) is 4.22. The quantitative estimate of drug-likeness (QED) is 0.685. The predicted molar refractivity (Wildman–Crippen MR) is 112 cm³/mol. The SMILES string of the molecule is O=C(C(Cc1ccncc1)c1ccccc1)N1CCN(c2ccccc2)CC1. The zero-order valence-electron chi connectivity index (χ0n) is 15.9. The lowest BCUT2D eigenvalue weighted by atomic mass is 9.91. The highest BCUT2D eigenvalue weighted by Crippen LogP contribution is 2.25. The van der Waals surface area contributed by atoms with Gasteiger partial charge in [-0.15, -0.1) is 0 Å². The van der Waals surface area contributed by atoms with Crippen LogP contribution in [0.1, 0.15) is 17.0 Å². The van der Waals surface area contributed by atoms with Gasteiger partial charge in [0, 0.05) is 44.3 Å². The van der Waals surface area contributed by atoms with Crippen molar-refractivity contribution in [3.63, 3.8) is 0 Å². The van der Waals surface area contributed by atoms with Gasteiger partial charge in [0.25, 0.3) is 0 Å². The number of benzene rings is 2. The number of hydrogen-bond acceptors (Lipinski definition) is 3. The molecule has 4 heteroatoms. The van der Waals surface area contributed by atoms with Crippen molar-refractivity contribution >= 4 is 11.6 Å². The van der Waals surface area contributed by atoms with E-state index in [1.54, 1.807) is 12.4 Å². The largest absolute Gasteiger partial charge is 0.368 e. The number of carbonyl (C=O) groups excluding carboxylic acids is 1. The molecule has 0 N–H and O–H groups in total. The van der Waals surface area contributed by atoms with Crippen molar-refractivity contribution in [2.75, 3.05) is 31.1 Å². The van der Waals surface area contributed by atoms with E-state index in [-0.39, 0.29) is 11.8 Å². The fraction of sp³-hybridized carbons (Fsp3) is 0.250. The zero-order chi connectivity index (χ0) is 19.2. The second-order valence-corrected chi connectivity index (χ2v) is 7.17. The summed E-state index contributed by atoms with van der Waals surface area (Å²) < 4.78 is 0. The second-order valence-electron chi connectivity index (χ2n) is 7.17. The van der Waals surface area contributed by atoms with Gasteiger partial charge in [-0.05, 0) is 41.8 Å². The standard InChI is InChI=1S/C24H25N3O/c28-24(27-17-15-26(16-18-27)22-9-5-2-6-10-22)23(21-7-3-1-4-8-21)19-20-11-13-25-14-12-20/h1-14,23H,15-19H2. The molecule has 1 atom stereocenters. The van der Waals surface area contributed by atoms with Gasteiger partial charge in [0.05, 0.1) is 5.92 Å². The lowest BCUT2D eigenvalue weighted by molar-refractivity contribution is -0.133. The fourth-order valence-electron chi connectivity index (χ4n) is 3.83. The van der Waals surface area contributed by atoms with E-state index >= 15 is 0 Å². The highest BCUT2D eigenvalue weighted by atomic mass is 16.2. The van der Waals surface area contributed by atoms with Gasteiger partial charge in [-0.25, -0.2) is 0 Å². The monoisotopic (exact) mass is 371 g/mol. The Kier molecular flexibility index (Phi) is 5.66. The van der Waals surface area contributed by atoms with Crippen LogP contribution in [0.15, 0.2) is 85.2 Å². The minimum atomic E-state index is -0.160. The van der Waals surface area contributed by atoms with E-state index < -0.39 is 0 Å². The van der Waals surface area contributed by atoms with E-state index in [9.17, 15) is 4.79 Å². The second kappa shape index (κ2) is 8.70. The topological polar surface area (TPSA) is 36.4 Å². The number of amides is 1. The molecule has 4 rings (SSSR count). The number of rotatable bonds is 5. The Morgan fingerprint density at radius 3 is 2.07 bits per heavy atom. The van der Waals surface area contributed by atoms with Crippen LogP contribution in [0.2, 0.25) is 0 Å². The van der Waals surface area contributed by atoms with Crippen LogP contribution in [-0.2, 0) is 11.2 Å². The van der Waals surface area contributed by atoms with Gasteiger partial charge >= 0.3 is 0 Å². The summed E-state index contributed by atoms with van der Waals surface area (Å²) in [7, 11) is 0. The number of anilines is 1. The molecule has 1 fully saturated rings. The summed E-state index contributed by atoms with van der Waals surface area (Å²) in [5.74, 6) is 0.0580. The Balaban J connectivity index is 1.48. The van der Waals surface area contributed by atoms with Crippen LogP contribution in [0.25, 0.3) is 0 Å². The average Bonchev–Trinajstić information content (AvgIpc) is 2.79. The normalized spacial score (nSPS) is 15.3. The molecule has 1 saturated heterocycles. The highest BCUT2D eigenvalue weighted by Gasteiger charge is 2.28. The highest BCUT2D eigenvalue weighted by molar-refractivity contribution is 5.84. The summed E-state index contributed by atoms with van der Waals surface area (Å²) >= 11 is 0. The molecule has 0 aliphatic carbocycles. The Hall–Kier alpha value is -3.14. The Bertz CT molecular complexity index is 875. The molecule has 3 aromatic rings. The first-order valence-electron chi connectivity index (χ1n) is 9.84. The molecule has 1 unspecified atom stereocenters. The average molecular weight is 371 g/mol. The number of para-hydroxylation sites is 1. The number of hydrogen-bond donors (Lipinski definition) is 0. The minimum absolute atomic E-state index is 0.160. The summed E-state index contributed by atoms with van der Waals surface area (Å²) in [6.07, 6.45) is 4.28. The van der Waals surface area contributed by atoms with Gasteiger partial charge in [0.15, 0.2) is 0 Å². The number of nitrogens with zero attached hydrogens (tertiary/aromatic N) is 3. The smallest absolute Gasteiger partial charge is 0.230 e. The molecule has 1 aromatic heterocycles. The molecule has 2 heterocycles. The fourth-order valence-corrected chi connectivity index (χ4v) is 3.83. The third-order valence-electron chi connectivity index (χ3n) is 5.40. The van der Waals surface area contributed by atoms with Crippen LogP contribution in [0, 0.1) is 0 Å². The van der Waals surface area contributed by atoms with Crippen LogP contribution < -0.4 is 4.90 Å². The van der Waals surface area contributed by atoms with Gasteiger partial charge in [0.1, 0.15) is 0 Å². The third-order valence-corrected chi connectivity index (χ3v) is 5.40. The van der Waals surface area contributed by atoms with E-state index in [0.29, 0.717) is 6.42 Å². The van der Waals surface area contributed by atoms with E-state index in [0.717, 1.165) is 37.3 Å². The molecule has 0 saturated carbocycles. The van der Waals surface area contributed by atoms with Gasteiger partial charge in [0.2, 0.25) is 5.91 Å². The molecule has 142 valence electrons. The summed E-state index contributed by atoms with van der Waals surface area (Å²) in [4.78, 5) is 21.9. The van der Waals surface area contributed by atoms with Crippen molar-refractivity contribution in [2.24, 2.45) is 0 Å². The van der Waals surface area contributed by atoms with Crippen molar-refractivity contribution in [3.05, 3.63) is 96.3 Å². The van der Waals surface area contributed by atoms with Crippen molar-refractivity contribution in [2.45, 2.75) is 12.3 Å². The van der Waals surface area contributed by atoms with Gasteiger partial charge in [-0.2, -0.15) is 0 Å². The van der Waals surface area contributed by atoms with Crippen LogP contribution in [0.4, 0.5) is 5.69 Å². The first-order chi connectivity index (χ1) is 13.8. The number of piperazine rings is 1. The molecule has 28 heavy (non-hydrogen) atoms. The maximum Gasteiger partial charge on any atom is 0.230 e. The van der Waals surface area contributed by atoms with Crippen molar-refractivity contribution in [3.8, 4) is 0 Å². The molecule has 0 radical (unpaired) electrons. The summed E-state index contributed by atoms with van der Waals surface area (Å²) in [6, 6.07) is 24.6. The molecule has 1 amide bonds. The Labute approximate surface area is 166 Å². The maximum atomic E-state index is 13.4. The molecule has 4 nitrogen and oxygen atoms in total. The minimum Gasteiger partial charge on any atom is -0.368 e. The van der Waals surface area contributed by atoms with Crippen molar-refractivity contribution in [1.82, 2.24) is 9.88 Å². The molecule has 1 aliphatic rings. The molecular weight excluding hydrogens is 346 g/mol. The van der Waals surface area contributed by atoms with Crippen molar-refractivity contribution in [1.29, 1.82) is 0 Å². The first kappa shape index (κ1) is 18.2. The lowest BCUT2D eigenvalue weighted by Crippen LogP contribution is -2.50. The first-order valence-corrected chi connectivity index (χ1v) is 9.84. The molecular formula is C24H25N3O. The van der Waals surface area contributed by atoms with Crippen LogP contribution in [0.3, 0.4) is 0 Å². The van der Waals surface area contributed by atoms with E-state index in [4.69, 9.17) is 0 Å². The molecule has 1 aliphatic heterocycles. The lowest BCUT2D eigenvalue weighted by Gasteiger charge is -2.37. The van der Waals surface area contributed by atoms with E-state index in [2.05, 4.69) is 46.3 Å². The van der Waals surface area contributed by atoms with Crippen LogP contribution in [-0.4, -0.2) is 42.0 Å². The molecule has 0 spiro atoms. The summed E-state index contributed by atoms with van der Waals surface area (Å²) in [5.41, 5.74) is 3.45. The summed E-state index contributed by atoms with van der Waals surface area (Å²) in [6.45, 7) is 3.25. The molecule has 2 aromatic carbocycles. The predicted octanol–water partition coefficient (Wildman–Crippen LogP) is 3.76. The Morgan fingerprint density at radius 2 is 1.43 bits per heavy atom. The number of aromatic nitrogens is 1. The zero-order valence-corrected chi connectivity index (χ0v) is 15.9. The van der Waals surface area contributed by atoms with Crippen LogP contribution in [0.5, 0.6) is 0 Å². The maximum absolute atomic E-state index is 13.4. The summed E-state index contributed by atoms with van der Waals surface area (Å²) in [5, 5.41) is 0. The van der Waals surface area contributed by atoms with E-state index in [1.807, 2.05) is 41.3 Å². The number of pyridine rings is 1. The Morgan fingerprint density at radius 1 is 0.821 bits per heavy atom. The number of carbonyl (C=O) groups is 1. The van der Waals surface area contributed by atoms with Gasteiger partial charge in [-0.1, -0.05) is 48.5 Å². The van der Waals surface area contributed by atoms with Gasteiger partial charge < -0.3 is 9.80 Å². The van der Waals surface area contributed by atoms with Crippen molar-refractivity contribution < 1.29 is 4.79 Å². The van der Waals surface area contributed by atoms with Gasteiger partial charge in [-0.3, -0.25) is 9.78 Å². The van der Waals surface area contributed by atoms with Crippen LogP contribution >= 0.6 is 0 Å². The molecule has 0 bridgehead atoms.